The molecule has 0 spiro atoms. The van der Waals surface area contributed by atoms with Crippen molar-refractivity contribution >= 4 is 53.3 Å². The number of anilines is 1. The van der Waals surface area contributed by atoms with Gasteiger partial charge in [-0.25, -0.2) is 0 Å². The summed E-state index contributed by atoms with van der Waals surface area (Å²) < 4.78 is 0. The average molecular weight is 362 g/mol. The van der Waals surface area contributed by atoms with Gasteiger partial charge in [0, 0.05) is 23.4 Å². The minimum atomic E-state index is -0.187. The van der Waals surface area contributed by atoms with E-state index in [0.717, 1.165) is 24.5 Å². The number of rotatable bonds is 4. The average Bonchev–Trinajstić information content (AvgIpc) is 3.10. The first-order valence-corrected chi connectivity index (χ1v) is 8.39. The van der Waals surface area contributed by atoms with Gasteiger partial charge in [-0.15, -0.1) is 24.2 Å². The van der Waals surface area contributed by atoms with Crippen molar-refractivity contribution < 1.29 is 9.59 Å². The van der Waals surface area contributed by atoms with Crippen LogP contribution in [0.2, 0.25) is 5.02 Å². The van der Waals surface area contributed by atoms with Gasteiger partial charge < -0.3 is 10.6 Å². The minimum absolute atomic E-state index is 0. The van der Waals surface area contributed by atoms with E-state index in [1.165, 1.54) is 0 Å². The van der Waals surface area contributed by atoms with Crippen molar-refractivity contribution in [1.29, 1.82) is 0 Å². The lowest BCUT2D eigenvalue weighted by Crippen LogP contribution is -2.37. The first-order chi connectivity index (χ1) is 10.1. The number of hydrogen-bond acceptors (Lipinski definition) is 4. The summed E-state index contributed by atoms with van der Waals surface area (Å²) in [7, 11) is 0. The third-order valence-corrected chi connectivity index (χ3v) is 4.69. The number of hydrogen-bond donors (Lipinski definition) is 3. The van der Waals surface area contributed by atoms with Crippen molar-refractivity contribution in [3.8, 4) is 0 Å². The lowest BCUT2D eigenvalue weighted by molar-refractivity contribution is -0.117. The van der Waals surface area contributed by atoms with E-state index >= 15 is 0 Å². The smallest absolute Gasteiger partial charge is 0.253 e. The maximum Gasteiger partial charge on any atom is 0.253 e. The largest absolute Gasteiger partial charge is 0.349 e. The lowest BCUT2D eigenvalue weighted by atomic mass is 10.1. The monoisotopic (exact) mass is 361 g/mol. The molecule has 120 valence electrons. The van der Waals surface area contributed by atoms with Crippen LogP contribution in [0.15, 0.2) is 18.2 Å². The van der Waals surface area contributed by atoms with E-state index in [4.69, 9.17) is 11.6 Å². The number of carbonyl (C=O) groups excluding carboxylic acids is 2. The van der Waals surface area contributed by atoms with E-state index in [1.807, 2.05) is 0 Å². The fourth-order valence-corrected chi connectivity index (χ4v) is 3.21. The van der Waals surface area contributed by atoms with Crippen LogP contribution in [-0.4, -0.2) is 35.5 Å². The van der Waals surface area contributed by atoms with Gasteiger partial charge >= 0.3 is 0 Å². The molecule has 1 aliphatic heterocycles. The molecule has 2 aliphatic rings. The van der Waals surface area contributed by atoms with E-state index in [-0.39, 0.29) is 36.3 Å². The normalized spacial score (nSPS) is 20.1. The molecule has 2 fully saturated rings. The number of carbonyl (C=O) groups is 2. The van der Waals surface area contributed by atoms with E-state index in [2.05, 4.69) is 16.0 Å². The molecule has 0 radical (unpaired) electrons. The predicted octanol–water partition coefficient (Wildman–Crippen LogP) is 2.25. The summed E-state index contributed by atoms with van der Waals surface area (Å²) in [6.45, 7) is 0. The number of benzene rings is 1. The Morgan fingerprint density at radius 1 is 1.32 bits per heavy atom. The molecule has 1 unspecified atom stereocenters. The molecule has 8 heteroatoms. The van der Waals surface area contributed by atoms with Crippen LogP contribution in [0.3, 0.4) is 0 Å². The molecule has 1 saturated carbocycles. The van der Waals surface area contributed by atoms with Gasteiger partial charge in [0.1, 0.15) is 0 Å². The van der Waals surface area contributed by atoms with Crippen molar-refractivity contribution in [2.75, 3.05) is 16.9 Å². The lowest BCUT2D eigenvalue weighted by Gasteiger charge is -2.12. The molecular formula is C14H17Cl2N3O2S. The molecule has 1 saturated heterocycles. The second-order valence-electron chi connectivity index (χ2n) is 5.20. The Hall–Kier alpha value is -0.950. The Morgan fingerprint density at radius 2 is 2.09 bits per heavy atom. The highest BCUT2D eigenvalue weighted by molar-refractivity contribution is 7.99. The Labute approximate surface area is 144 Å². The summed E-state index contributed by atoms with van der Waals surface area (Å²) in [6.07, 6.45) is 2.04. The zero-order valence-electron chi connectivity index (χ0n) is 11.7. The van der Waals surface area contributed by atoms with Crippen LogP contribution in [0.1, 0.15) is 23.2 Å². The molecule has 0 aromatic heterocycles. The Bertz CT molecular complexity index is 575. The Kier molecular flexibility index (Phi) is 5.97. The van der Waals surface area contributed by atoms with E-state index < -0.39 is 0 Å². The van der Waals surface area contributed by atoms with Gasteiger partial charge in [-0.2, -0.15) is 0 Å². The molecule has 22 heavy (non-hydrogen) atoms. The zero-order valence-corrected chi connectivity index (χ0v) is 14.1. The second-order valence-corrected chi connectivity index (χ2v) is 6.64. The fraction of sp³-hybridized carbons (Fsp3) is 0.429. The second kappa shape index (κ2) is 7.55. The van der Waals surface area contributed by atoms with E-state index in [9.17, 15) is 9.59 Å². The van der Waals surface area contributed by atoms with Crippen molar-refractivity contribution in [3.63, 3.8) is 0 Å². The summed E-state index contributed by atoms with van der Waals surface area (Å²) in [4.78, 5) is 24.1. The highest BCUT2D eigenvalue weighted by Gasteiger charge is 2.25. The molecule has 1 atom stereocenters. The van der Waals surface area contributed by atoms with Crippen LogP contribution in [0, 0.1) is 0 Å². The summed E-state index contributed by atoms with van der Waals surface area (Å²) in [5, 5.41) is 9.21. The van der Waals surface area contributed by atoms with Gasteiger partial charge in [0.05, 0.1) is 16.6 Å². The van der Waals surface area contributed by atoms with Crippen LogP contribution in [-0.2, 0) is 4.79 Å². The number of amides is 2. The standard InChI is InChI=1S/C14H16ClN3O2S.ClH/c15-11-4-3-9(18-14(20)12-6-21-7-16-12)5-10(11)13(19)17-8-1-2-8;/h3-5,8,12,16H,1-2,6-7H2,(H,17,19)(H,18,20);1H. The van der Waals surface area contributed by atoms with Gasteiger partial charge in [-0.3, -0.25) is 14.9 Å². The molecule has 3 rings (SSSR count). The zero-order chi connectivity index (χ0) is 14.8. The molecule has 0 bridgehead atoms. The van der Waals surface area contributed by atoms with Gasteiger partial charge in [0.15, 0.2) is 0 Å². The van der Waals surface area contributed by atoms with Gasteiger partial charge in [-0.05, 0) is 31.0 Å². The van der Waals surface area contributed by atoms with E-state index in [1.54, 1.807) is 30.0 Å². The SMILES string of the molecule is Cl.O=C(NC1CC1)c1cc(NC(=O)C2CSCN2)ccc1Cl. The quantitative estimate of drug-likeness (QED) is 0.769. The fourth-order valence-electron chi connectivity index (χ4n) is 2.06. The molecule has 1 aromatic rings. The number of thioether (sulfide) groups is 1. The van der Waals surface area contributed by atoms with E-state index in [0.29, 0.717) is 16.3 Å². The first kappa shape index (κ1) is 17.4. The molecule has 1 aliphatic carbocycles. The highest BCUT2D eigenvalue weighted by atomic mass is 35.5. The van der Waals surface area contributed by atoms with Crippen molar-refractivity contribution in [3.05, 3.63) is 28.8 Å². The molecule has 3 N–H and O–H groups in total. The molecule has 1 aromatic carbocycles. The third kappa shape index (κ3) is 4.29. The third-order valence-electron chi connectivity index (χ3n) is 3.42. The summed E-state index contributed by atoms with van der Waals surface area (Å²) in [5.74, 6) is 1.27. The number of halogens is 2. The summed E-state index contributed by atoms with van der Waals surface area (Å²) >= 11 is 7.76. The molecule has 1 heterocycles. The van der Waals surface area contributed by atoms with Crippen molar-refractivity contribution in [1.82, 2.24) is 10.6 Å². The van der Waals surface area contributed by atoms with Crippen molar-refractivity contribution in [2.45, 2.75) is 24.9 Å². The maximum atomic E-state index is 12.1. The first-order valence-electron chi connectivity index (χ1n) is 6.86. The Morgan fingerprint density at radius 3 is 2.73 bits per heavy atom. The summed E-state index contributed by atoms with van der Waals surface area (Å²) in [6, 6.07) is 5.05. The van der Waals surface area contributed by atoms with Crippen LogP contribution >= 0.6 is 35.8 Å². The minimum Gasteiger partial charge on any atom is -0.349 e. The molecule has 2 amide bonds. The van der Waals surface area contributed by atoms with Gasteiger partial charge in [-0.1, -0.05) is 11.6 Å². The van der Waals surface area contributed by atoms with Gasteiger partial charge in [0.25, 0.3) is 5.91 Å². The van der Waals surface area contributed by atoms with Crippen molar-refractivity contribution in [2.24, 2.45) is 0 Å². The van der Waals surface area contributed by atoms with Crippen LogP contribution in [0.4, 0.5) is 5.69 Å². The number of nitrogens with one attached hydrogen (secondary N) is 3. The highest BCUT2D eigenvalue weighted by Crippen LogP contribution is 2.24. The van der Waals surface area contributed by atoms with Crippen LogP contribution < -0.4 is 16.0 Å². The topological polar surface area (TPSA) is 70.2 Å². The maximum absolute atomic E-state index is 12.1. The van der Waals surface area contributed by atoms with Gasteiger partial charge in [0.2, 0.25) is 5.91 Å². The summed E-state index contributed by atoms with van der Waals surface area (Å²) in [5.41, 5.74) is 0.985. The predicted molar refractivity (Wildman–Crippen MR) is 92.1 cm³/mol. The Balaban J connectivity index is 0.00000176. The molecular weight excluding hydrogens is 345 g/mol. The van der Waals surface area contributed by atoms with Crippen LogP contribution in [0.5, 0.6) is 0 Å². The van der Waals surface area contributed by atoms with Crippen LogP contribution in [0.25, 0.3) is 0 Å². The molecule has 5 nitrogen and oxygen atoms in total.